The molecule has 1 rings (SSSR count). The lowest BCUT2D eigenvalue weighted by molar-refractivity contribution is -0.117. The molecule has 3 heteroatoms. The summed E-state index contributed by atoms with van der Waals surface area (Å²) in [5.74, 6) is 3.18. The summed E-state index contributed by atoms with van der Waals surface area (Å²) in [7, 11) is 0. The SMILES string of the molecule is C#CCCCCCCCCCCOc1cccc(CC(N)=O)c1. The standard InChI is InChI=1S/C20H29NO2/c1-2-3-4-5-6-7-8-9-10-11-15-23-19-14-12-13-18(16-19)17-20(21)22/h1,12-14,16H,3-11,15,17H2,(H2,21,22). The maximum Gasteiger partial charge on any atom is 0.221 e. The Balaban J connectivity index is 2.01. The van der Waals surface area contributed by atoms with Gasteiger partial charge in [-0.15, -0.1) is 12.3 Å². The molecule has 0 bridgehead atoms. The van der Waals surface area contributed by atoms with Crippen molar-refractivity contribution >= 4 is 5.91 Å². The second-order valence-corrected chi connectivity index (χ2v) is 5.92. The molecule has 1 aromatic rings. The number of nitrogens with two attached hydrogens (primary N) is 1. The smallest absolute Gasteiger partial charge is 0.221 e. The normalized spacial score (nSPS) is 10.2. The number of amides is 1. The van der Waals surface area contributed by atoms with Crippen LogP contribution < -0.4 is 10.5 Å². The van der Waals surface area contributed by atoms with Crippen molar-refractivity contribution in [2.75, 3.05) is 6.61 Å². The molecular weight excluding hydrogens is 286 g/mol. The van der Waals surface area contributed by atoms with Crippen LogP contribution in [0.15, 0.2) is 24.3 Å². The van der Waals surface area contributed by atoms with E-state index in [0.29, 0.717) is 0 Å². The molecule has 0 fully saturated rings. The van der Waals surface area contributed by atoms with Gasteiger partial charge in [-0.05, 0) is 30.5 Å². The highest BCUT2D eigenvalue weighted by molar-refractivity contribution is 5.76. The molecule has 0 saturated carbocycles. The molecule has 1 aromatic carbocycles. The summed E-state index contributed by atoms with van der Waals surface area (Å²) in [5.41, 5.74) is 6.10. The third kappa shape index (κ3) is 10.4. The number of benzene rings is 1. The molecule has 2 N–H and O–H groups in total. The molecule has 0 aliphatic rings. The Kier molecular flexibility index (Phi) is 10.4. The van der Waals surface area contributed by atoms with Gasteiger partial charge >= 0.3 is 0 Å². The monoisotopic (exact) mass is 315 g/mol. The summed E-state index contributed by atoms with van der Waals surface area (Å²) in [4.78, 5) is 10.9. The second kappa shape index (κ2) is 12.6. The van der Waals surface area contributed by atoms with Crippen LogP contribution in [0, 0.1) is 12.3 Å². The first-order valence-corrected chi connectivity index (χ1v) is 8.66. The Morgan fingerprint density at radius 1 is 1.04 bits per heavy atom. The lowest BCUT2D eigenvalue weighted by Gasteiger charge is -2.07. The summed E-state index contributed by atoms with van der Waals surface area (Å²) in [6.07, 6.45) is 16.3. The van der Waals surface area contributed by atoms with E-state index in [1.54, 1.807) is 0 Å². The molecule has 0 aliphatic carbocycles. The Labute approximate surface area is 140 Å². The van der Waals surface area contributed by atoms with Crippen molar-refractivity contribution in [2.45, 2.75) is 64.2 Å². The van der Waals surface area contributed by atoms with Gasteiger partial charge in [-0.1, -0.05) is 50.7 Å². The van der Waals surface area contributed by atoms with Crippen molar-refractivity contribution in [3.8, 4) is 18.1 Å². The molecular formula is C20H29NO2. The molecule has 0 heterocycles. The first-order chi connectivity index (χ1) is 11.2. The number of unbranched alkanes of at least 4 members (excludes halogenated alkanes) is 8. The Hall–Kier alpha value is -1.95. The summed E-state index contributed by atoms with van der Waals surface area (Å²) in [6, 6.07) is 7.59. The number of primary amides is 1. The van der Waals surface area contributed by atoms with E-state index >= 15 is 0 Å². The first-order valence-electron chi connectivity index (χ1n) is 8.66. The van der Waals surface area contributed by atoms with Gasteiger partial charge in [-0.25, -0.2) is 0 Å². The number of carbonyl (C=O) groups is 1. The summed E-state index contributed by atoms with van der Waals surface area (Å²) in [5, 5.41) is 0. The largest absolute Gasteiger partial charge is 0.494 e. The van der Waals surface area contributed by atoms with Crippen molar-refractivity contribution < 1.29 is 9.53 Å². The average molecular weight is 315 g/mol. The predicted octanol–water partition coefficient (Wildman–Crippen LogP) is 4.24. The van der Waals surface area contributed by atoms with Crippen LogP contribution in [-0.2, 0) is 11.2 Å². The van der Waals surface area contributed by atoms with Crippen LogP contribution in [0.2, 0.25) is 0 Å². The number of hydrogen-bond acceptors (Lipinski definition) is 2. The molecule has 0 spiro atoms. The van der Waals surface area contributed by atoms with Crippen LogP contribution in [0.3, 0.4) is 0 Å². The zero-order valence-electron chi connectivity index (χ0n) is 14.1. The number of carbonyl (C=O) groups excluding carboxylic acids is 1. The summed E-state index contributed by atoms with van der Waals surface area (Å²) < 4.78 is 5.73. The molecule has 0 unspecified atom stereocenters. The molecule has 0 aromatic heterocycles. The van der Waals surface area contributed by atoms with Crippen LogP contribution in [-0.4, -0.2) is 12.5 Å². The van der Waals surface area contributed by atoms with Crippen molar-refractivity contribution in [1.29, 1.82) is 0 Å². The fraction of sp³-hybridized carbons (Fsp3) is 0.550. The van der Waals surface area contributed by atoms with Gasteiger partial charge in [0.05, 0.1) is 13.0 Å². The zero-order valence-corrected chi connectivity index (χ0v) is 14.1. The maximum absolute atomic E-state index is 10.9. The highest BCUT2D eigenvalue weighted by atomic mass is 16.5. The van der Waals surface area contributed by atoms with E-state index in [0.717, 1.165) is 30.8 Å². The number of rotatable bonds is 13. The van der Waals surface area contributed by atoms with Crippen LogP contribution >= 0.6 is 0 Å². The van der Waals surface area contributed by atoms with Crippen LogP contribution in [0.1, 0.15) is 63.4 Å². The highest BCUT2D eigenvalue weighted by Crippen LogP contribution is 2.15. The molecule has 23 heavy (non-hydrogen) atoms. The van der Waals surface area contributed by atoms with E-state index in [-0.39, 0.29) is 12.3 Å². The Morgan fingerprint density at radius 3 is 2.35 bits per heavy atom. The van der Waals surface area contributed by atoms with E-state index in [4.69, 9.17) is 16.9 Å². The first kappa shape index (κ1) is 19.1. The topological polar surface area (TPSA) is 52.3 Å². The van der Waals surface area contributed by atoms with Gasteiger partial charge in [0.15, 0.2) is 0 Å². The summed E-state index contributed by atoms with van der Waals surface area (Å²) in [6.45, 7) is 0.724. The van der Waals surface area contributed by atoms with Gasteiger partial charge in [-0.2, -0.15) is 0 Å². The second-order valence-electron chi connectivity index (χ2n) is 5.92. The molecule has 1 amide bonds. The maximum atomic E-state index is 10.9. The van der Waals surface area contributed by atoms with Gasteiger partial charge in [-0.3, -0.25) is 4.79 Å². The van der Waals surface area contributed by atoms with E-state index in [2.05, 4.69) is 5.92 Å². The molecule has 3 nitrogen and oxygen atoms in total. The van der Waals surface area contributed by atoms with E-state index in [1.165, 1.54) is 44.9 Å². The number of hydrogen-bond donors (Lipinski definition) is 1. The molecule has 0 aliphatic heterocycles. The Morgan fingerprint density at radius 2 is 1.70 bits per heavy atom. The van der Waals surface area contributed by atoms with Gasteiger partial charge in [0.25, 0.3) is 0 Å². The van der Waals surface area contributed by atoms with Crippen LogP contribution in [0.4, 0.5) is 0 Å². The Bertz CT molecular complexity index is 491. The van der Waals surface area contributed by atoms with Gasteiger partial charge < -0.3 is 10.5 Å². The number of terminal acetylenes is 1. The molecule has 0 radical (unpaired) electrons. The van der Waals surface area contributed by atoms with Crippen molar-refractivity contribution in [3.63, 3.8) is 0 Å². The molecule has 0 atom stereocenters. The van der Waals surface area contributed by atoms with E-state index < -0.39 is 0 Å². The lowest BCUT2D eigenvalue weighted by Crippen LogP contribution is -2.13. The number of ether oxygens (including phenoxy) is 1. The zero-order chi connectivity index (χ0) is 16.8. The van der Waals surface area contributed by atoms with Gasteiger partial charge in [0.1, 0.15) is 5.75 Å². The van der Waals surface area contributed by atoms with Crippen LogP contribution in [0.5, 0.6) is 5.75 Å². The highest BCUT2D eigenvalue weighted by Gasteiger charge is 2.00. The van der Waals surface area contributed by atoms with E-state index in [1.807, 2.05) is 24.3 Å². The average Bonchev–Trinajstić information content (AvgIpc) is 2.52. The minimum Gasteiger partial charge on any atom is -0.494 e. The summed E-state index contributed by atoms with van der Waals surface area (Å²) >= 11 is 0. The third-order valence-electron chi connectivity index (χ3n) is 3.76. The molecule has 126 valence electrons. The lowest BCUT2D eigenvalue weighted by atomic mass is 10.1. The van der Waals surface area contributed by atoms with E-state index in [9.17, 15) is 4.79 Å². The minimum atomic E-state index is -0.318. The van der Waals surface area contributed by atoms with Crippen LogP contribution in [0.25, 0.3) is 0 Å². The van der Waals surface area contributed by atoms with Crippen molar-refractivity contribution in [1.82, 2.24) is 0 Å². The minimum absolute atomic E-state index is 0.262. The van der Waals surface area contributed by atoms with Gasteiger partial charge in [0, 0.05) is 6.42 Å². The third-order valence-corrected chi connectivity index (χ3v) is 3.76. The molecule has 0 saturated heterocycles. The van der Waals surface area contributed by atoms with Gasteiger partial charge in [0.2, 0.25) is 5.91 Å². The fourth-order valence-electron chi connectivity index (χ4n) is 2.53. The quantitative estimate of drug-likeness (QED) is 0.437. The van der Waals surface area contributed by atoms with Crippen molar-refractivity contribution in [3.05, 3.63) is 29.8 Å². The predicted molar refractivity (Wildman–Crippen MR) is 95.2 cm³/mol. The van der Waals surface area contributed by atoms with Crippen molar-refractivity contribution in [2.24, 2.45) is 5.73 Å². The fourth-order valence-corrected chi connectivity index (χ4v) is 2.53.